The van der Waals surface area contributed by atoms with Gasteiger partial charge in [0.15, 0.2) is 0 Å². The van der Waals surface area contributed by atoms with Gasteiger partial charge in [-0.2, -0.15) is 0 Å². The average molecular weight is 552 g/mol. The number of amides is 1. The van der Waals surface area contributed by atoms with Gasteiger partial charge in [-0.3, -0.25) is 9.10 Å². The molecular formula is C28H23Cl2N3O3S. The van der Waals surface area contributed by atoms with Gasteiger partial charge < -0.3 is 9.88 Å². The van der Waals surface area contributed by atoms with Gasteiger partial charge in [-0.1, -0.05) is 59.6 Å². The molecule has 37 heavy (non-hydrogen) atoms. The number of carbonyl (C=O) groups is 1. The molecule has 0 aliphatic rings. The summed E-state index contributed by atoms with van der Waals surface area (Å²) in [5, 5.41) is 5.39. The number of anilines is 2. The standard InChI is InChI=1S/C28H23Cl2N3O3S/c1-2-32-25-11-7-6-10-22(25)23-17-20(13-15-26(23)32)31-28(34)18-33(27-16-19(29)12-14-24(27)30)37(35,36)21-8-4-3-5-9-21/h3-17H,2,18H2,1H3,(H,31,34). The largest absolute Gasteiger partial charge is 0.341 e. The van der Waals surface area contributed by atoms with E-state index in [0.717, 1.165) is 32.7 Å². The van der Waals surface area contributed by atoms with Gasteiger partial charge in [0.05, 0.1) is 15.6 Å². The van der Waals surface area contributed by atoms with Crippen LogP contribution in [0.3, 0.4) is 0 Å². The van der Waals surface area contributed by atoms with E-state index in [4.69, 9.17) is 23.2 Å². The van der Waals surface area contributed by atoms with Crippen molar-refractivity contribution < 1.29 is 13.2 Å². The smallest absolute Gasteiger partial charge is 0.264 e. The molecule has 0 saturated heterocycles. The topological polar surface area (TPSA) is 71.4 Å². The van der Waals surface area contributed by atoms with E-state index in [-0.39, 0.29) is 15.6 Å². The van der Waals surface area contributed by atoms with Gasteiger partial charge in [0.2, 0.25) is 5.91 Å². The number of nitrogens with zero attached hydrogens (tertiary/aromatic N) is 2. The molecule has 1 amide bonds. The van der Waals surface area contributed by atoms with Crippen molar-refractivity contribution in [1.29, 1.82) is 0 Å². The number of aromatic nitrogens is 1. The number of rotatable bonds is 7. The third-order valence-electron chi connectivity index (χ3n) is 6.17. The molecule has 0 fully saturated rings. The fraction of sp³-hybridized carbons (Fsp3) is 0.107. The normalized spacial score (nSPS) is 11.6. The summed E-state index contributed by atoms with van der Waals surface area (Å²) in [7, 11) is -4.12. The van der Waals surface area contributed by atoms with E-state index < -0.39 is 22.5 Å². The minimum Gasteiger partial charge on any atom is -0.341 e. The van der Waals surface area contributed by atoms with Crippen molar-refractivity contribution in [2.45, 2.75) is 18.4 Å². The summed E-state index contributed by atoms with van der Waals surface area (Å²) in [5.41, 5.74) is 2.85. The zero-order valence-electron chi connectivity index (χ0n) is 19.9. The van der Waals surface area contributed by atoms with E-state index in [0.29, 0.717) is 10.7 Å². The molecule has 6 nitrogen and oxygen atoms in total. The number of halogens is 2. The predicted octanol–water partition coefficient (Wildman–Crippen LogP) is 6.96. The van der Waals surface area contributed by atoms with E-state index in [2.05, 4.69) is 22.9 Å². The highest BCUT2D eigenvalue weighted by Crippen LogP contribution is 2.34. The maximum Gasteiger partial charge on any atom is 0.264 e. The second-order valence-electron chi connectivity index (χ2n) is 8.46. The van der Waals surface area contributed by atoms with Crippen LogP contribution < -0.4 is 9.62 Å². The zero-order valence-corrected chi connectivity index (χ0v) is 22.2. The lowest BCUT2D eigenvalue weighted by Crippen LogP contribution is -2.38. The van der Waals surface area contributed by atoms with Crippen LogP contribution in [0.1, 0.15) is 6.92 Å². The summed E-state index contributed by atoms with van der Waals surface area (Å²) >= 11 is 12.5. The van der Waals surface area contributed by atoms with Crippen LogP contribution in [-0.4, -0.2) is 25.4 Å². The van der Waals surface area contributed by atoms with E-state index in [1.54, 1.807) is 24.3 Å². The van der Waals surface area contributed by atoms with Crippen LogP contribution in [0, 0.1) is 0 Å². The zero-order chi connectivity index (χ0) is 26.2. The first-order chi connectivity index (χ1) is 17.8. The predicted molar refractivity (Wildman–Crippen MR) is 151 cm³/mol. The van der Waals surface area contributed by atoms with Gasteiger partial charge in [-0.25, -0.2) is 8.42 Å². The highest BCUT2D eigenvalue weighted by Gasteiger charge is 2.29. The molecule has 1 N–H and O–H groups in total. The fourth-order valence-electron chi connectivity index (χ4n) is 4.50. The third-order valence-corrected chi connectivity index (χ3v) is 8.50. The summed E-state index contributed by atoms with van der Waals surface area (Å²) in [6, 6.07) is 26.2. The molecule has 4 aromatic carbocycles. The van der Waals surface area contributed by atoms with Gasteiger partial charge in [-0.05, 0) is 61.5 Å². The SMILES string of the molecule is CCn1c2ccccc2c2cc(NC(=O)CN(c3cc(Cl)ccc3Cl)S(=O)(=O)c3ccccc3)ccc21. The Hall–Kier alpha value is -3.52. The van der Waals surface area contributed by atoms with E-state index >= 15 is 0 Å². The van der Waals surface area contributed by atoms with Crippen LogP contribution in [0.5, 0.6) is 0 Å². The third kappa shape index (κ3) is 4.78. The highest BCUT2D eigenvalue weighted by atomic mass is 35.5. The first-order valence-corrected chi connectivity index (χ1v) is 13.8. The van der Waals surface area contributed by atoms with Gasteiger partial charge in [0, 0.05) is 39.1 Å². The van der Waals surface area contributed by atoms with Crippen molar-refractivity contribution in [3.05, 3.63) is 101 Å². The number of nitrogens with one attached hydrogen (secondary N) is 1. The minimum atomic E-state index is -4.12. The molecule has 1 aromatic heterocycles. The highest BCUT2D eigenvalue weighted by molar-refractivity contribution is 7.92. The van der Waals surface area contributed by atoms with Crippen LogP contribution >= 0.6 is 23.2 Å². The Balaban J connectivity index is 1.50. The molecule has 0 atom stereocenters. The molecule has 5 aromatic rings. The molecule has 5 rings (SSSR count). The molecule has 9 heteroatoms. The Kier molecular flexibility index (Phi) is 6.86. The number of benzene rings is 4. The molecular weight excluding hydrogens is 529 g/mol. The van der Waals surface area contributed by atoms with Crippen LogP contribution in [-0.2, 0) is 21.4 Å². The summed E-state index contributed by atoms with van der Waals surface area (Å²) < 4.78 is 30.4. The molecule has 0 unspecified atom stereocenters. The quantitative estimate of drug-likeness (QED) is 0.237. The number of hydrogen-bond acceptors (Lipinski definition) is 3. The van der Waals surface area contributed by atoms with Gasteiger partial charge in [0.1, 0.15) is 6.54 Å². The summed E-state index contributed by atoms with van der Waals surface area (Å²) in [6.07, 6.45) is 0. The monoisotopic (exact) mass is 551 g/mol. The number of hydrogen-bond donors (Lipinski definition) is 1. The second-order valence-corrected chi connectivity index (χ2v) is 11.2. The lowest BCUT2D eigenvalue weighted by molar-refractivity contribution is -0.114. The lowest BCUT2D eigenvalue weighted by Gasteiger charge is -2.25. The van der Waals surface area contributed by atoms with Crippen LogP contribution in [0.15, 0.2) is 95.9 Å². The lowest BCUT2D eigenvalue weighted by atomic mass is 10.1. The first kappa shape index (κ1) is 25.1. The Morgan fingerprint density at radius 3 is 2.32 bits per heavy atom. The van der Waals surface area contributed by atoms with Crippen LogP contribution in [0.25, 0.3) is 21.8 Å². The molecule has 0 aliphatic heterocycles. The molecule has 0 saturated carbocycles. The molecule has 0 aliphatic carbocycles. The summed E-state index contributed by atoms with van der Waals surface area (Å²) in [4.78, 5) is 13.3. The number of sulfonamides is 1. The van der Waals surface area contributed by atoms with E-state index in [1.807, 2.05) is 36.4 Å². The first-order valence-electron chi connectivity index (χ1n) is 11.6. The maximum absolute atomic E-state index is 13.6. The maximum atomic E-state index is 13.6. The van der Waals surface area contributed by atoms with Crippen LogP contribution in [0.2, 0.25) is 10.0 Å². The molecule has 0 bridgehead atoms. The Morgan fingerprint density at radius 1 is 0.865 bits per heavy atom. The average Bonchev–Trinajstić information content (AvgIpc) is 3.22. The molecule has 0 radical (unpaired) electrons. The Morgan fingerprint density at radius 2 is 1.57 bits per heavy atom. The number of aryl methyl sites for hydroxylation is 1. The van der Waals surface area contributed by atoms with Crippen molar-refractivity contribution in [3.8, 4) is 0 Å². The number of carbonyl (C=O) groups excluding carboxylic acids is 1. The van der Waals surface area contributed by atoms with Gasteiger partial charge in [0.25, 0.3) is 10.0 Å². The van der Waals surface area contributed by atoms with Crippen molar-refractivity contribution in [2.24, 2.45) is 0 Å². The minimum absolute atomic E-state index is 0.0348. The second kappa shape index (κ2) is 10.1. The van der Waals surface area contributed by atoms with Crippen molar-refractivity contribution in [3.63, 3.8) is 0 Å². The number of para-hydroxylation sites is 1. The number of fused-ring (bicyclic) bond motifs is 3. The van der Waals surface area contributed by atoms with Gasteiger partial charge in [-0.15, -0.1) is 0 Å². The van der Waals surface area contributed by atoms with Gasteiger partial charge >= 0.3 is 0 Å². The van der Waals surface area contributed by atoms with Crippen molar-refractivity contribution in [2.75, 3.05) is 16.2 Å². The summed E-state index contributed by atoms with van der Waals surface area (Å²) in [6.45, 7) is 2.40. The van der Waals surface area contributed by atoms with Crippen LogP contribution in [0.4, 0.5) is 11.4 Å². The van der Waals surface area contributed by atoms with E-state index in [9.17, 15) is 13.2 Å². The van der Waals surface area contributed by atoms with Crippen molar-refractivity contribution >= 4 is 72.3 Å². The Labute approximate surface area is 225 Å². The summed E-state index contributed by atoms with van der Waals surface area (Å²) in [5.74, 6) is -0.519. The van der Waals surface area contributed by atoms with E-state index in [1.165, 1.54) is 24.3 Å². The Bertz CT molecular complexity index is 1730. The molecule has 188 valence electrons. The molecule has 0 spiro atoms. The fourth-order valence-corrected chi connectivity index (χ4v) is 6.39. The molecule has 1 heterocycles. The van der Waals surface area contributed by atoms with Crippen molar-refractivity contribution in [1.82, 2.24) is 4.57 Å².